The first kappa shape index (κ1) is 15.9. The van der Waals surface area contributed by atoms with E-state index in [-0.39, 0.29) is 16.7 Å². The van der Waals surface area contributed by atoms with Crippen molar-refractivity contribution in [3.05, 3.63) is 16.5 Å². The molecule has 7 heteroatoms. The van der Waals surface area contributed by atoms with Gasteiger partial charge in [-0.25, -0.2) is 13.1 Å². The number of aliphatic hydroxyl groups excluding tert-OH is 1. The van der Waals surface area contributed by atoms with Gasteiger partial charge in [0.2, 0.25) is 10.0 Å². The van der Waals surface area contributed by atoms with Crippen LogP contribution in [-0.4, -0.2) is 26.2 Å². The third-order valence-corrected chi connectivity index (χ3v) is 5.96. The highest BCUT2D eigenvalue weighted by atomic mass is 35.5. The minimum atomic E-state index is -3.59. The maximum Gasteiger partial charge on any atom is 0.250 e. The molecule has 0 fully saturated rings. The minimum Gasteiger partial charge on any atom is -0.395 e. The van der Waals surface area contributed by atoms with Crippen molar-refractivity contribution >= 4 is 33.0 Å². The molecule has 1 aromatic heterocycles. The summed E-state index contributed by atoms with van der Waals surface area (Å²) in [6, 6.07) is 2.55. The second-order valence-corrected chi connectivity index (χ2v) is 7.89. The van der Waals surface area contributed by atoms with Gasteiger partial charge in [-0.1, -0.05) is 31.9 Å². The smallest absolute Gasteiger partial charge is 0.250 e. The van der Waals surface area contributed by atoms with E-state index in [1.807, 2.05) is 13.8 Å². The molecule has 0 aromatic carbocycles. The van der Waals surface area contributed by atoms with Gasteiger partial charge in [0.05, 0.1) is 10.9 Å². The minimum absolute atomic E-state index is 0.0882. The summed E-state index contributed by atoms with van der Waals surface area (Å²) >= 11 is 6.73. The molecule has 1 heterocycles. The van der Waals surface area contributed by atoms with E-state index in [1.165, 1.54) is 6.07 Å². The normalized spacial score (nSPS) is 15.6. The molecule has 1 aromatic rings. The summed E-state index contributed by atoms with van der Waals surface area (Å²) < 4.78 is 27.2. The molecule has 4 nitrogen and oxygen atoms in total. The van der Waals surface area contributed by atoms with Crippen molar-refractivity contribution in [3.63, 3.8) is 0 Å². The SMILES string of the molecule is CCCC(C)C(CO)NS(=O)(=O)c1ccc(Cl)s1. The van der Waals surface area contributed by atoms with E-state index in [0.717, 1.165) is 24.2 Å². The highest BCUT2D eigenvalue weighted by molar-refractivity contribution is 7.91. The zero-order valence-electron chi connectivity index (χ0n) is 10.4. The van der Waals surface area contributed by atoms with Crippen LogP contribution >= 0.6 is 22.9 Å². The van der Waals surface area contributed by atoms with Gasteiger partial charge in [0, 0.05) is 6.04 Å². The molecule has 18 heavy (non-hydrogen) atoms. The number of nitrogens with one attached hydrogen (secondary N) is 1. The second kappa shape index (κ2) is 6.86. The number of hydrogen-bond acceptors (Lipinski definition) is 4. The van der Waals surface area contributed by atoms with Crippen molar-refractivity contribution in [1.29, 1.82) is 0 Å². The lowest BCUT2D eigenvalue weighted by Gasteiger charge is -2.22. The quantitative estimate of drug-likeness (QED) is 0.813. The van der Waals surface area contributed by atoms with E-state index in [1.54, 1.807) is 6.07 Å². The predicted molar refractivity (Wildman–Crippen MR) is 74.6 cm³/mol. The van der Waals surface area contributed by atoms with Crippen LogP contribution in [0.5, 0.6) is 0 Å². The van der Waals surface area contributed by atoms with Crippen LogP contribution in [0, 0.1) is 5.92 Å². The Hall–Kier alpha value is -0.140. The van der Waals surface area contributed by atoms with Crippen molar-refractivity contribution in [2.24, 2.45) is 5.92 Å². The number of aliphatic hydroxyl groups is 1. The Labute approximate surface area is 117 Å². The Balaban J connectivity index is 2.81. The van der Waals surface area contributed by atoms with Gasteiger partial charge in [-0.2, -0.15) is 0 Å². The van der Waals surface area contributed by atoms with Crippen LogP contribution in [0.3, 0.4) is 0 Å². The lowest BCUT2D eigenvalue weighted by Crippen LogP contribution is -2.41. The molecule has 2 N–H and O–H groups in total. The maximum absolute atomic E-state index is 12.1. The second-order valence-electron chi connectivity index (χ2n) is 4.23. The first-order valence-electron chi connectivity index (χ1n) is 5.79. The number of halogens is 1. The lowest BCUT2D eigenvalue weighted by molar-refractivity contribution is 0.216. The van der Waals surface area contributed by atoms with Crippen molar-refractivity contribution in [2.75, 3.05) is 6.61 Å². The summed E-state index contributed by atoms with van der Waals surface area (Å²) in [5.74, 6) is 0.0882. The van der Waals surface area contributed by atoms with Gasteiger partial charge < -0.3 is 5.11 Å². The summed E-state index contributed by atoms with van der Waals surface area (Å²) in [5.41, 5.74) is 0. The average molecular weight is 312 g/mol. The number of hydrogen-bond donors (Lipinski definition) is 2. The highest BCUT2D eigenvalue weighted by Gasteiger charge is 2.24. The molecule has 0 saturated heterocycles. The van der Waals surface area contributed by atoms with Crippen LogP contribution in [0.2, 0.25) is 4.34 Å². The molecule has 0 saturated carbocycles. The van der Waals surface area contributed by atoms with Crippen LogP contribution < -0.4 is 4.72 Å². The van der Waals surface area contributed by atoms with E-state index in [0.29, 0.717) is 4.34 Å². The topological polar surface area (TPSA) is 66.4 Å². The Morgan fingerprint density at radius 3 is 2.61 bits per heavy atom. The van der Waals surface area contributed by atoms with Crippen LogP contribution in [0.25, 0.3) is 0 Å². The number of sulfonamides is 1. The Bertz CT molecular complexity index is 472. The first-order chi connectivity index (χ1) is 8.40. The largest absolute Gasteiger partial charge is 0.395 e. The molecule has 2 unspecified atom stereocenters. The fourth-order valence-corrected chi connectivity index (χ4v) is 4.52. The summed E-state index contributed by atoms with van der Waals surface area (Å²) in [5, 5.41) is 9.29. The molecule has 104 valence electrons. The molecule has 0 aliphatic heterocycles. The van der Waals surface area contributed by atoms with E-state index < -0.39 is 16.1 Å². The molecule has 1 rings (SSSR count). The average Bonchev–Trinajstić information content (AvgIpc) is 2.74. The zero-order chi connectivity index (χ0) is 13.8. The maximum atomic E-state index is 12.1. The van der Waals surface area contributed by atoms with Crippen LogP contribution in [0.1, 0.15) is 26.7 Å². The fourth-order valence-electron chi connectivity index (χ4n) is 1.69. The highest BCUT2D eigenvalue weighted by Crippen LogP contribution is 2.26. The molecule has 0 aliphatic carbocycles. The fraction of sp³-hybridized carbons (Fsp3) is 0.636. The van der Waals surface area contributed by atoms with E-state index in [2.05, 4.69) is 4.72 Å². The summed E-state index contributed by atoms with van der Waals surface area (Å²) in [6.45, 7) is 3.74. The molecule has 0 spiro atoms. The van der Waals surface area contributed by atoms with Crippen LogP contribution in [-0.2, 0) is 10.0 Å². The van der Waals surface area contributed by atoms with Gasteiger partial charge in [0.15, 0.2) is 0 Å². The third kappa shape index (κ3) is 4.20. The molecular formula is C11H18ClNO3S2. The molecule has 2 atom stereocenters. The Kier molecular flexibility index (Phi) is 6.07. The number of rotatable bonds is 7. The lowest BCUT2D eigenvalue weighted by atomic mass is 9.98. The van der Waals surface area contributed by atoms with Gasteiger partial charge >= 0.3 is 0 Å². The molecular weight excluding hydrogens is 294 g/mol. The molecule has 0 amide bonds. The Morgan fingerprint density at radius 2 is 2.17 bits per heavy atom. The summed E-state index contributed by atoms with van der Waals surface area (Å²) in [7, 11) is -3.59. The number of thiophene rings is 1. The predicted octanol–water partition coefficient (Wildman–Crippen LogP) is 2.48. The molecule has 0 aliphatic rings. The summed E-state index contributed by atoms with van der Waals surface area (Å²) in [6.07, 6.45) is 1.81. The Morgan fingerprint density at radius 1 is 1.50 bits per heavy atom. The first-order valence-corrected chi connectivity index (χ1v) is 8.47. The van der Waals surface area contributed by atoms with Crippen LogP contribution in [0.15, 0.2) is 16.3 Å². The van der Waals surface area contributed by atoms with Gasteiger partial charge in [-0.3, -0.25) is 0 Å². The van der Waals surface area contributed by atoms with E-state index >= 15 is 0 Å². The standard InChI is InChI=1S/C11H18ClNO3S2/c1-3-4-8(2)9(7-14)13-18(15,16)11-6-5-10(12)17-11/h5-6,8-9,13-14H,3-4,7H2,1-2H3. The van der Waals surface area contributed by atoms with Crippen molar-refractivity contribution in [2.45, 2.75) is 36.9 Å². The van der Waals surface area contributed by atoms with Gasteiger partial charge in [0.1, 0.15) is 4.21 Å². The van der Waals surface area contributed by atoms with Crippen LogP contribution in [0.4, 0.5) is 0 Å². The van der Waals surface area contributed by atoms with Crippen molar-refractivity contribution < 1.29 is 13.5 Å². The van der Waals surface area contributed by atoms with Gasteiger partial charge in [-0.05, 0) is 24.5 Å². The third-order valence-electron chi connectivity index (χ3n) is 2.75. The zero-order valence-corrected chi connectivity index (χ0v) is 12.8. The van der Waals surface area contributed by atoms with Gasteiger partial charge in [0.25, 0.3) is 0 Å². The van der Waals surface area contributed by atoms with E-state index in [4.69, 9.17) is 11.6 Å². The van der Waals surface area contributed by atoms with Gasteiger partial charge in [-0.15, -0.1) is 11.3 Å². The van der Waals surface area contributed by atoms with Crippen molar-refractivity contribution in [3.8, 4) is 0 Å². The van der Waals surface area contributed by atoms with E-state index in [9.17, 15) is 13.5 Å². The molecule has 0 radical (unpaired) electrons. The summed E-state index contributed by atoms with van der Waals surface area (Å²) in [4.78, 5) is 0. The van der Waals surface area contributed by atoms with Crippen molar-refractivity contribution in [1.82, 2.24) is 4.72 Å². The molecule has 0 bridgehead atoms. The monoisotopic (exact) mass is 311 g/mol.